The van der Waals surface area contributed by atoms with Crippen LogP contribution in [0, 0.1) is 0 Å². The zero-order valence-corrected chi connectivity index (χ0v) is 10.1. The Balaban J connectivity index is 2.34. The first kappa shape index (κ1) is 12.1. The number of aromatic carboxylic acids is 1. The summed E-state index contributed by atoms with van der Waals surface area (Å²) in [5.41, 5.74) is 1.09. The zero-order chi connectivity index (χ0) is 14.3. The third-order valence-corrected chi connectivity index (χ3v) is 3.08. The molecular formula is C15H8O5. The molecule has 1 N–H and O–H groups in total. The lowest BCUT2D eigenvalue weighted by molar-refractivity contribution is 0.0443. The van der Waals surface area contributed by atoms with Crippen molar-refractivity contribution in [3.8, 4) is 11.1 Å². The van der Waals surface area contributed by atoms with Crippen LogP contribution in [0.2, 0.25) is 0 Å². The number of carbonyl (C=O) groups excluding carboxylic acids is 2. The van der Waals surface area contributed by atoms with Crippen LogP contribution in [-0.2, 0) is 4.74 Å². The Labute approximate surface area is 113 Å². The molecule has 0 bridgehead atoms. The standard InChI is InChI=1S/C15H8O5/c16-13(17)9-6-10(8-4-2-1-3-5-8)12-11(7-9)14(18)20-15(12)19/h1-7H,(H,16,17). The van der Waals surface area contributed by atoms with Gasteiger partial charge in [0.1, 0.15) is 0 Å². The van der Waals surface area contributed by atoms with E-state index in [9.17, 15) is 14.4 Å². The maximum Gasteiger partial charge on any atom is 0.347 e. The number of carboxylic acid groups (broad SMARTS) is 1. The molecule has 0 saturated heterocycles. The van der Waals surface area contributed by atoms with Crippen LogP contribution < -0.4 is 0 Å². The average Bonchev–Trinajstić information content (AvgIpc) is 2.74. The number of hydrogen-bond acceptors (Lipinski definition) is 4. The highest BCUT2D eigenvalue weighted by Crippen LogP contribution is 2.32. The molecule has 5 nitrogen and oxygen atoms in total. The van der Waals surface area contributed by atoms with E-state index in [-0.39, 0.29) is 16.7 Å². The van der Waals surface area contributed by atoms with Crippen LogP contribution in [-0.4, -0.2) is 23.0 Å². The lowest BCUT2D eigenvalue weighted by Gasteiger charge is -2.07. The molecule has 2 aromatic rings. The molecule has 1 aliphatic rings. The minimum atomic E-state index is -1.17. The van der Waals surface area contributed by atoms with Gasteiger partial charge in [-0.2, -0.15) is 0 Å². The molecule has 20 heavy (non-hydrogen) atoms. The summed E-state index contributed by atoms with van der Waals surface area (Å²) in [4.78, 5) is 34.5. The normalized spacial score (nSPS) is 13.0. The second-order valence-corrected chi connectivity index (χ2v) is 4.29. The van der Waals surface area contributed by atoms with Gasteiger partial charge in [-0.25, -0.2) is 14.4 Å². The van der Waals surface area contributed by atoms with Gasteiger partial charge in [0.2, 0.25) is 0 Å². The summed E-state index contributed by atoms with van der Waals surface area (Å²) in [7, 11) is 0. The molecule has 1 aliphatic heterocycles. The summed E-state index contributed by atoms with van der Waals surface area (Å²) in [5, 5.41) is 9.10. The van der Waals surface area contributed by atoms with Crippen molar-refractivity contribution < 1.29 is 24.2 Å². The van der Waals surface area contributed by atoms with Crippen LogP contribution in [0.5, 0.6) is 0 Å². The summed E-state index contributed by atoms with van der Waals surface area (Å²) < 4.78 is 4.56. The number of ether oxygens (including phenoxy) is 1. The van der Waals surface area contributed by atoms with E-state index in [1.807, 2.05) is 0 Å². The van der Waals surface area contributed by atoms with Gasteiger partial charge in [-0.1, -0.05) is 30.3 Å². The second kappa shape index (κ2) is 4.31. The Kier molecular flexibility index (Phi) is 2.61. The van der Waals surface area contributed by atoms with Crippen molar-refractivity contribution in [3.63, 3.8) is 0 Å². The number of carbonyl (C=O) groups is 3. The Morgan fingerprint density at radius 1 is 0.950 bits per heavy atom. The number of esters is 2. The van der Waals surface area contributed by atoms with E-state index in [2.05, 4.69) is 4.74 Å². The first-order valence-electron chi connectivity index (χ1n) is 5.81. The number of carboxylic acids is 1. The lowest BCUT2D eigenvalue weighted by Crippen LogP contribution is -2.03. The quantitative estimate of drug-likeness (QED) is 0.668. The van der Waals surface area contributed by atoms with E-state index in [1.165, 1.54) is 6.07 Å². The Morgan fingerprint density at radius 2 is 1.60 bits per heavy atom. The third-order valence-electron chi connectivity index (χ3n) is 3.08. The number of cyclic esters (lactones) is 2. The third kappa shape index (κ3) is 1.76. The fraction of sp³-hybridized carbons (Fsp3) is 0. The number of fused-ring (bicyclic) bond motifs is 1. The van der Waals surface area contributed by atoms with Crippen molar-refractivity contribution in [3.05, 3.63) is 59.2 Å². The van der Waals surface area contributed by atoms with Crippen LogP contribution in [0.15, 0.2) is 42.5 Å². The van der Waals surface area contributed by atoms with Gasteiger partial charge >= 0.3 is 17.9 Å². The smallest absolute Gasteiger partial charge is 0.347 e. The summed E-state index contributed by atoms with van der Waals surface area (Å²) >= 11 is 0. The topological polar surface area (TPSA) is 80.7 Å². The SMILES string of the molecule is O=C(O)c1cc2c(c(-c3ccccc3)c1)C(=O)OC2=O. The molecule has 5 heteroatoms. The van der Waals surface area contributed by atoms with Crippen LogP contribution in [0.4, 0.5) is 0 Å². The summed E-state index contributed by atoms with van der Waals surface area (Å²) in [6, 6.07) is 11.3. The Hall–Kier alpha value is -2.95. The molecule has 0 unspecified atom stereocenters. The predicted molar refractivity (Wildman–Crippen MR) is 68.6 cm³/mol. The Bertz CT molecular complexity index is 746. The van der Waals surface area contributed by atoms with Crippen LogP contribution in [0.3, 0.4) is 0 Å². The van der Waals surface area contributed by atoms with Crippen molar-refractivity contribution in [2.45, 2.75) is 0 Å². The fourth-order valence-electron chi connectivity index (χ4n) is 2.18. The highest BCUT2D eigenvalue weighted by atomic mass is 16.6. The maximum atomic E-state index is 11.8. The molecule has 0 atom stereocenters. The fourth-order valence-corrected chi connectivity index (χ4v) is 2.18. The average molecular weight is 268 g/mol. The molecule has 3 rings (SSSR count). The van der Waals surface area contributed by atoms with Crippen LogP contribution in [0.1, 0.15) is 31.1 Å². The highest BCUT2D eigenvalue weighted by Gasteiger charge is 2.34. The second-order valence-electron chi connectivity index (χ2n) is 4.29. The van der Waals surface area contributed by atoms with Crippen LogP contribution in [0.25, 0.3) is 11.1 Å². The molecule has 98 valence electrons. The van der Waals surface area contributed by atoms with Crippen molar-refractivity contribution in [1.29, 1.82) is 0 Å². The Morgan fingerprint density at radius 3 is 2.25 bits per heavy atom. The molecule has 0 spiro atoms. The monoisotopic (exact) mass is 268 g/mol. The van der Waals surface area contributed by atoms with Gasteiger partial charge in [-0.05, 0) is 23.3 Å². The number of rotatable bonds is 2. The molecule has 0 fully saturated rings. The number of benzene rings is 2. The van der Waals surface area contributed by atoms with E-state index >= 15 is 0 Å². The van der Waals surface area contributed by atoms with E-state index < -0.39 is 17.9 Å². The van der Waals surface area contributed by atoms with Crippen LogP contribution >= 0.6 is 0 Å². The van der Waals surface area contributed by atoms with Gasteiger partial charge < -0.3 is 9.84 Å². The molecule has 0 aliphatic carbocycles. The number of hydrogen-bond donors (Lipinski definition) is 1. The minimum Gasteiger partial charge on any atom is -0.478 e. The van der Waals surface area contributed by atoms with Crippen molar-refractivity contribution >= 4 is 17.9 Å². The molecule has 1 heterocycles. The molecule has 0 saturated carbocycles. The van der Waals surface area contributed by atoms with Gasteiger partial charge in [-0.3, -0.25) is 0 Å². The summed E-state index contributed by atoms with van der Waals surface area (Å²) in [6.07, 6.45) is 0. The lowest BCUT2D eigenvalue weighted by atomic mass is 9.94. The van der Waals surface area contributed by atoms with Gasteiger partial charge in [0.15, 0.2) is 0 Å². The predicted octanol–water partition coefficient (Wildman–Crippen LogP) is 2.36. The van der Waals surface area contributed by atoms with E-state index in [1.54, 1.807) is 30.3 Å². The molecule has 2 aromatic carbocycles. The van der Waals surface area contributed by atoms with Gasteiger partial charge in [-0.15, -0.1) is 0 Å². The van der Waals surface area contributed by atoms with E-state index in [0.29, 0.717) is 11.1 Å². The van der Waals surface area contributed by atoms with Crippen molar-refractivity contribution in [2.24, 2.45) is 0 Å². The first-order chi connectivity index (χ1) is 9.58. The molecule has 0 radical (unpaired) electrons. The van der Waals surface area contributed by atoms with Gasteiger partial charge in [0.05, 0.1) is 16.7 Å². The summed E-state index contributed by atoms with van der Waals surface area (Å²) in [5.74, 6) is -2.73. The van der Waals surface area contributed by atoms with Gasteiger partial charge in [0.25, 0.3) is 0 Å². The van der Waals surface area contributed by atoms with E-state index in [0.717, 1.165) is 6.07 Å². The highest BCUT2D eigenvalue weighted by molar-refractivity contribution is 6.19. The van der Waals surface area contributed by atoms with E-state index in [4.69, 9.17) is 5.11 Å². The largest absolute Gasteiger partial charge is 0.478 e. The first-order valence-corrected chi connectivity index (χ1v) is 5.81. The van der Waals surface area contributed by atoms with Crippen molar-refractivity contribution in [1.82, 2.24) is 0 Å². The maximum absolute atomic E-state index is 11.8. The van der Waals surface area contributed by atoms with Crippen molar-refractivity contribution in [2.75, 3.05) is 0 Å². The minimum absolute atomic E-state index is 0.00578. The van der Waals surface area contributed by atoms with Gasteiger partial charge in [0, 0.05) is 0 Å². The molecular weight excluding hydrogens is 260 g/mol. The molecule has 0 aromatic heterocycles. The molecule has 0 amide bonds. The zero-order valence-electron chi connectivity index (χ0n) is 10.1. The summed E-state index contributed by atoms with van der Waals surface area (Å²) in [6.45, 7) is 0.